The van der Waals surface area contributed by atoms with E-state index in [4.69, 9.17) is 0 Å². The maximum atomic E-state index is 12.6. The molecule has 1 aliphatic heterocycles. The lowest BCUT2D eigenvalue weighted by molar-refractivity contribution is -0.140. The minimum atomic E-state index is -0.211. The second-order valence-corrected chi connectivity index (χ2v) is 7.54. The predicted octanol–water partition coefficient (Wildman–Crippen LogP) is 2.37. The summed E-state index contributed by atoms with van der Waals surface area (Å²) in [6, 6.07) is 9.29. The summed E-state index contributed by atoms with van der Waals surface area (Å²) in [5.74, 6) is -0.440. The Kier molecular flexibility index (Phi) is 3.60. The van der Waals surface area contributed by atoms with Crippen LogP contribution < -0.4 is 5.32 Å². The monoisotopic (exact) mass is 361 g/mol. The molecule has 2 aromatic rings. The van der Waals surface area contributed by atoms with Crippen LogP contribution in [0.3, 0.4) is 0 Å². The first-order chi connectivity index (χ1) is 13.1. The number of anilines is 1. The molecule has 6 heteroatoms. The molecule has 2 bridgehead atoms. The van der Waals surface area contributed by atoms with Gasteiger partial charge in [-0.25, -0.2) is 0 Å². The quantitative estimate of drug-likeness (QED) is 0.670. The Hall–Kier alpha value is -3.02. The van der Waals surface area contributed by atoms with Crippen LogP contribution in [0.5, 0.6) is 0 Å². The first-order valence-corrected chi connectivity index (χ1v) is 9.30. The molecule has 1 saturated heterocycles. The topological polar surface area (TPSA) is 79.4 Å². The summed E-state index contributed by atoms with van der Waals surface area (Å²) in [5, 5.41) is 3.78. The number of likely N-dealkylation sites (tertiary alicyclic amines) is 1. The van der Waals surface area contributed by atoms with E-state index in [1.165, 1.54) is 4.90 Å². The minimum Gasteiger partial charge on any atom is -0.326 e. The number of aromatic nitrogens is 1. The van der Waals surface area contributed by atoms with Gasteiger partial charge in [-0.2, -0.15) is 0 Å². The van der Waals surface area contributed by atoms with Crippen molar-refractivity contribution in [3.05, 3.63) is 48.7 Å². The number of hydrogen-bond donors (Lipinski definition) is 1. The van der Waals surface area contributed by atoms with Crippen molar-refractivity contribution in [3.8, 4) is 0 Å². The fourth-order valence-electron chi connectivity index (χ4n) is 4.77. The maximum absolute atomic E-state index is 12.6. The van der Waals surface area contributed by atoms with E-state index in [9.17, 15) is 14.4 Å². The molecule has 2 aliphatic carbocycles. The number of nitrogens with one attached hydrogen (secondary N) is 1. The normalized spacial score (nSPS) is 28.2. The largest absolute Gasteiger partial charge is 0.326 e. The van der Waals surface area contributed by atoms with Gasteiger partial charge in [0.15, 0.2) is 0 Å². The molecular formula is C21H19N3O3. The first-order valence-electron chi connectivity index (χ1n) is 9.30. The zero-order valence-electron chi connectivity index (χ0n) is 14.7. The SMILES string of the molecule is O=C(CCN1C(=O)[C@@H]2[C@@H](C1=O)[C@H]1C=C[C@H]2C1)Nc1ccc2ncccc2c1. The second-order valence-electron chi connectivity index (χ2n) is 7.54. The van der Waals surface area contributed by atoms with E-state index in [1.54, 1.807) is 12.3 Å². The smallest absolute Gasteiger partial charge is 0.233 e. The summed E-state index contributed by atoms with van der Waals surface area (Å²) < 4.78 is 0. The first kappa shape index (κ1) is 16.2. The molecule has 136 valence electrons. The number of nitrogens with zero attached hydrogens (tertiary/aromatic N) is 2. The Morgan fingerprint density at radius 1 is 1.11 bits per heavy atom. The number of carbonyl (C=O) groups excluding carboxylic acids is 3. The lowest BCUT2D eigenvalue weighted by Crippen LogP contribution is -2.35. The van der Waals surface area contributed by atoms with Crippen LogP contribution in [0.4, 0.5) is 5.69 Å². The lowest BCUT2D eigenvalue weighted by Gasteiger charge is -2.17. The van der Waals surface area contributed by atoms with Crippen molar-refractivity contribution in [3.63, 3.8) is 0 Å². The van der Waals surface area contributed by atoms with Crippen molar-refractivity contribution in [2.75, 3.05) is 11.9 Å². The van der Waals surface area contributed by atoms with E-state index < -0.39 is 0 Å². The van der Waals surface area contributed by atoms with Gasteiger partial charge < -0.3 is 5.32 Å². The number of hydrogen-bond acceptors (Lipinski definition) is 4. The van der Waals surface area contributed by atoms with E-state index >= 15 is 0 Å². The molecule has 1 aromatic carbocycles. The van der Waals surface area contributed by atoms with E-state index in [1.807, 2.05) is 24.3 Å². The number of carbonyl (C=O) groups is 3. The van der Waals surface area contributed by atoms with Crippen LogP contribution in [0.25, 0.3) is 10.9 Å². The summed E-state index contributed by atoms with van der Waals surface area (Å²) >= 11 is 0. The maximum Gasteiger partial charge on any atom is 0.233 e. The molecule has 6 nitrogen and oxygen atoms in total. The average molecular weight is 361 g/mol. The van der Waals surface area contributed by atoms with Gasteiger partial charge in [0.25, 0.3) is 0 Å². The van der Waals surface area contributed by atoms with Crippen molar-refractivity contribution < 1.29 is 14.4 Å². The number of allylic oxidation sites excluding steroid dienone is 2. The molecule has 1 aromatic heterocycles. The van der Waals surface area contributed by atoms with Gasteiger partial charge in [-0.1, -0.05) is 18.2 Å². The van der Waals surface area contributed by atoms with Crippen LogP contribution in [0, 0.1) is 23.7 Å². The molecule has 4 atom stereocenters. The average Bonchev–Trinajstić information content (AvgIpc) is 3.35. The van der Waals surface area contributed by atoms with E-state index in [-0.39, 0.29) is 54.4 Å². The number of fused-ring (bicyclic) bond motifs is 6. The highest BCUT2D eigenvalue weighted by Crippen LogP contribution is 2.52. The van der Waals surface area contributed by atoms with Gasteiger partial charge in [0, 0.05) is 30.2 Å². The number of imide groups is 1. The van der Waals surface area contributed by atoms with Gasteiger partial charge in [-0.05, 0) is 42.5 Å². The summed E-state index contributed by atoms with van der Waals surface area (Å²) in [7, 11) is 0. The zero-order valence-corrected chi connectivity index (χ0v) is 14.7. The third kappa shape index (κ3) is 2.55. The molecule has 2 fully saturated rings. The fraction of sp³-hybridized carbons (Fsp3) is 0.333. The molecule has 0 radical (unpaired) electrons. The molecular weight excluding hydrogens is 342 g/mol. The van der Waals surface area contributed by atoms with Crippen LogP contribution >= 0.6 is 0 Å². The van der Waals surface area contributed by atoms with Crippen LogP contribution in [-0.2, 0) is 14.4 Å². The van der Waals surface area contributed by atoms with Crippen molar-refractivity contribution in [1.82, 2.24) is 9.88 Å². The van der Waals surface area contributed by atoms with Crippen LogP contribution in [0.2, 0.25) is 0 Å². The fourth-order valence-corrected chi connectivity index (χ4v) is 4.77. The highest BCUT2D eigenvalue weighted by molar-refractivity contribution is 6.06. The molecule has 0 spiro atoms. The number of benzene rings is 1. The molecule has 3 aliphatic rings. The third-order valence-corrected chi connectivity index (χ3v) is 6.01. The van der Waals surface area contributed by atoms with E-state index in [0.717, 1.165) is 17.3 Å². The molecule has 2 heterocycles. The molecule has 5 rings (SSSR count). The van der Waals surface area contributed by atoms with Gasteiger partial charge in [-0.3, -0.25) is 24.3 Å². The predicted molar refractivity (Wildman–Crippen MR) is 99.4 cm³/mol. The Labute approximate surface area is 156 Å². The minimum absolute atomic E-state index is 0.102. The molecule has 1 saturated carbocycles. The van der Waals surface area contributed by atoms with Gasteiger partial charge in [0.05, 0.1) is 17.4 Å². The summed E-state index contributed by atoms with van der Waals surface area (Å²) in [6.07, 6.45) is 6.88. The molecule has 1 N–H and O–H groups in total. The Morgan fingerprint density at radius 2 is 1.85 bits per heavy atom. The highest BCUT2D eigenvalue weighted by Gasteiger charge is 2.58. The summed E-state index contributed by atoms with van der Waals surface area (Å²) in [6.45, 7) is 0.144. The Morgan fingerprint density at radius 3 is 2.59 bits per heavy atom. The summed E-state index contributed by atoms with van der Waals surface area (Å²) in [5.41, 5.74) is 1.54. The van der Waals surface area contributed by atoms with Crippen molar-refractivity contribution >= 4 is 34.3 Å². The standard InChI is InChI=1S/C21H19N3O3/c25-17(23-15-5-6-16-12(11-15)2-1-8-22-16)7-9-24-20(26)18-13-3-4-14(10-13)19(18)21(24)27/h1-6,8,11,13-14,18-19H,7,9-10H2,(H,23,25)/t13-,14-,18-,19-/m0/s1. The van der Waals surface area contributed by atoms with Crippen molar-refractivity contribution in [2.24, 2.45) is 23.7 Å². The van der Waals surface area contributed by atoms with Crippen molar-refractivity contribution in [2.45, 2.75) is 12.8 Å². The third-order valence-electron chi connectivity index (χ3n) is 6.01. The van der Waals surface area contributed by atoms with Crippen LogP contribution in [-0.4, -0.2) is 34.2 Å². The van der Waals surface area contributed by atoms with E-state index in [2.05, 4.69) is 22.5 Å². The van der Waals surface area contributed by atoms with E-state index in [0.29, 0.717) is 5.69 Å². The molecule has 3 amide bonds. The highest BCUT2D eigenvalue weighted by atomic mass is 16.2. The van der Waals surface area contributed by atoms with Crippen LogP contribution in [0.15, 0.2) is 48.7 Å². The van der Waals surface area contributed by atoms with Crippen molar-refractivity contribution in [1.29, 1.82) is 0 Å². The number of pyridine rings is 1. The Bertz CT molecular complexity index is 969. The molecule has 27 heavy (non-hydrogen) atoms. The van der Waals surface area contributed by atoms with Gasteiger partial charge in [0.2, 0.25) is 17.7 Å². The molecule has 0 unspecified atom stereocenters. The lowest BCUT2D eigenvalue weighted by atomic mass is 9.85. The number of amides is 3. The summed E-state index contributed by atoms with van der Waals surface area (Å²) in [4.78, 5) is 43.1. The number of rotatable bonds is 4. The second kappa shape index (κ2) is 6.01. The van der Waals surface area contributed by atoms with Gasteiger partial charge in [-0.15, -0.1) is 0 Å². The van der Waals surface area contributed by atoms with Gasteiger partial charge >= 0.3 is 0 Å². The van der Waals surface area contributed by atoms with Crippen LogP contribution in [0.1, 0.15) is 12.8 Å². The Balaban J connectivity index is 1.23. The van der Waals surface area contributed by atoms with Gasteiger partial charge in [0.1, 0.15) is 0 Å². The zero-order chi connectivity index (χ0) is 18.5.